The lowest BCUT2D eigenvalue weighted by Crippen LogP contribution is -2.31. The summed E-state index contributed by atoms with van der Waals surface area (Å²) in [7, 11) is 0. The van der Waals surface area contributed by atoms with Gasteiger partial charge in [-0.25, -0.2) is 0 Å². The van der Waals surface area contributed by atoms with Gasteiger partial charge in [0.2, 0.25) is 5.75 Å². The zero-order valence-electron chi connectivity index (χ0n) is 9.14. The summed E-state index contributed by atoms with van der Waals surface area (Å²) in [5.41, 5.74) is 2.78. The summed E-state index contributed by atoms with van der Waals surface area (Å²) in [6.07, 6.45) is 1.28. The Morgan fingerprint density at radius 3 is 2.71 bits per heavy atom. The lowest BCUT2D eigenvalue weighted by atomic mass is 10.2. The van der Waals surface area contributed by atoms with E-state index in [1.165, 1.54) is 18.3 Å². The second kappa shape index (κ2) is 5.90. The Morgan fingerprint density at radius 1 is 1.35 bits per heavy atom. The normalized spacial score (nSPS) is 10.4. The Morgan fingerprint density at radius 2 is 2.06 bits per heavy atom. The van der Waals surface area contributed by atoms with Crippen LogP contribution >= 0.6 is 12.2 Å². The van der Waals surface area contributed by atoms with Gasteiger partial charge in [0.25, 0.3) is 0 Å². The highest BCUT2D eigenvalue weighted by Gasteiger charge is 2.08. The molecule has 0 amide bonds. The van der Waals surface area contributed by atoms with E-state index in [9.17, 15) is 10.2 Å². The van der Waals surface area contributed by atoms with Crippen molar-refractivity contribution in [2.75, 3.05) is 6.54 Å². The van der Waals surface area contributed by atoms with Gasteiger partial charge < -0.3 is 20.6 Å². The van der Waals surface area contributed by atoms with Crippen LogP contribution in [0.1, 0.15) is 12.5 Å². The minimum absolute atomic E-state index is 0.257. The predicted molar refractivity (Wildman–Crippen MR) is 68.4 cm³/mol. The molecule has 1 rings (SSSR count). The summed E-state index contributed by atoms with van der Waals surface area (Å²) in [6.45, 7) is 2.56. The van der Waals surface area contributed by atoms with Crippen molar-refractivity contribution in [2.24, 2.45) is 5.10 Å². The van der Waals surface area contributed by atoms with Crippen molar-refractivity contribution >= 4 is 23.5 Å². The van der Waals surface area contributed by atoms with Gasteiger partial charge in [-0.2, -0.15) is 5.10 Å². The van der Waals surface area contributed by atoms with E-state index in [2.05, 4.69) is 15.8 Å². The Hall–Kier alpha value is -2.02. The third kappa shape index (κ3) is 3.49. The number of thiocarbonyl (C=S) groups is 1. The lowest BCUT2D eigenvalue weighted by Gasteiger charge is -2.04. The fraction of sp³-hybridized carbons (Fsp3) is 0.200. The molecular formula is C10H13N3O3S. The number of phenols is 3. The minimum atomic E-state index is -0.580. The number of nitrogens with zero attached hydrogens (tertiary/aromatic N) is 1. The van der Waals surface area contributed by atoms with E-state index in [4.69, 9.17) is 17.3 Å². The maximum Gasteiger partial charge on any atom is 0.200 e. The molecule has 0 saturated carbocycles. The summed E-state index contributed by atoms with van der Waals surface area (Å²) in [5, 5.41) is 34.8. The molecule has 0 aliphatic heterocycles. The van der Waals surface area contributed by atoms with E-state index < -0.39 is 17.2 Å². The second-order valence-corrected chi connectivity index (χ2v) is 3.51. The van der Waals surface area contributed by atoms with Crippen LogP contribution in [0.5, 0.6) is 17.2 Å². The molecule has 0 aliphatic rings. The van der Waals surface area contributed by atoms with Crippen LogP contribution in [-0.4, -0.2) is 33.2 Å². The van der Waals surface area contributed by atoms with Gasteiger partial charge in [-0.15, -0.1) is 0 Å². The highest BCUT2D eigenvalue weighted by atomic mass is 32.1. The van der Waals surface area contributed by atoms with Crippen molar-refractivity contribution < 1.29 is 15.3 Å². The van der Waals surface area contributed by atoms with Gasteiger partial charge in [-0.1, -0.05) is 0 Å². The minimum Gasteiger partial charge on any atom is -0.504 e. The maximum absolute atomic E-state index is 9.47. The molecule has 92 valence electrons. The topological polar surface area (TPSA) is 97.1 Å². The van der Waals surface area contributed by atoms with E-state index in [1.54, 1.807) is 0 Å². The molecule has 6 nitrogen and oxygen atoms in total. The Labute approximate surface area is 104 Å². The molecular weight excluding hydrogens is 242 g/mol. The quantitative estimate of drug-likeness (QED) is 0.235. The van der Waals surface area contributed by atoms with Crippen LogP contribution in [-0.2, 0) is 0 Å². The lowest BCUT2D eigenvalue weighted by molar-refractivity contribution is 0.367. The number of hydrogen-bond acceptors (Lipinski definition) is 5. The first-order valence-electron chi connectivity index (χ1n) is 4.87. The molecule has 0 saturated heterocycles. The largest absolute Gasteiger partial charge is 0.504 e. The molecule has 0 bridgehead atoms. The highest BCUT2D eigenvalue weighted by Crippen LogP contribution is 2.36. The van der Waals surface area contributed by atoms with E-state index in [0.717, 1.165) is 0 Å². The summed E-state index contributed by atoms with van der Waals surface area (Å²) >= 11 is 4.86. The van der Waals surface area contributed by atoms with Crippen LogP contribution in [0.15, 0.2) is 17.2 Å². The molecule has 0 aliphatic carbocycles. The molecule has 0 aromatic heterocycles. The van der Waals surface area contributed by atoms with Crippen molar-refractivity contribution in [2.45, 2.75) is 6.92 Å². The maximum atomic E-state index is 9.47. The van der Waals surface area contributed by atoms with Gasteiger partial charge in [0.1, 0.15) is 0 Å². The Balaban J connectivity index is 2.72. The standard InChI is InChI=1S/C10H13N3O3S/c1-2-11-10(17)13-12-5-6-3-4-7(14)9(16)8(6)15/h3-5,14-16H,2H2,1H3,(H2,11,13,17)/b12-5+. The molecule has 0 spiro atoms. The van der Waals surface area contributed by atoms with Crippen molar-refractivity contribution in [1.82, 2.24) is 10.7 Å². The first-order valence-corrected chi connectivity index (χ1v) is 5.28. The number of hydrogen-bond donors (Lipinski definition) is 5. The molecule has 0 unspecified atom stereocenters. The third-order valence-electron chi connectivity index (χ3n) is 1.87. The van der Waals surface area contributed by atoms with Crippen LogP contribution in [0.25, 0.3) is 0 Å². The first-order chi connectivity index (χ1) is 8.06. The average Bonchev–Trinajstić information content (AvgIpc) is 2.29. The van der Waals surface area contributed by atoms with Crippen LogP contribution in [0, 0.1) is 0 Å². The van der Waals surface area contributed by atoms with E-state index in [1.807, 2.05) is 6.92 Å². The number of aromatic hydroxyl groups is 3. The van der Waals surface area contributed by atoms with Crippen molar-refractivity contribution in [3.63, 3.8) is 0 Å². The number of rotatable bonds is 3. The number of benzene rings is 1. The summed E-state index contributed by atoms with van der Waals surface area (Å²) < 4.78 is 0. The molecule has 5 N–H and O–H groups in total. The van der Waals surface area contributed by atoms with Crippen LogP contribution in [0.4, 0.5) is 0 Å². The average molecular weight is 255 g/mol. The molecule has 17 heavy (non-hydrogen) atoms. The van der Waals surface area contributed by atoms with Gasteiger partial charge in [-0.05, 0) is 31.3 Å². The van der Waals surface area contributed by atoms with E-state index in [0.29, 0.717) is 11.7 Å². The zero-order chi connectivity index (χ0) is 12.8. The molecule has 7 heteroatoms. The van der Waals surface area contributed by atoms with Gasteiger partial charge in [-0.3, -0.25) is 5.43 Å². The third-order valence-corrected chi connectivity index (χ3v) is 2.10. The SMILES string of the molecule is CCNC(=S)N/N=C/c1ccc(O)c(O)c1O. The number of hydrazone groups is 1. The smallest absolute Gasteiger partial charge is 0.200 e. The fourth-order valence-electron chi connectivity index (χ4n) is 1.05. The Bertz CT molecular complexity index is 449. The first kappa shape index (κ1) is 13.0. The number of nitrogens with one attached hydrogen (secondary N) is 2. The molecule has 0 fully saturated rings. The molecule has 1 aromatic rings. The zero-order valence-corrected chi connectivity index (χ0v) is 9.95. The van der Waals surface area contributed by atoms with E-state index >= 15 is 0 Å². The molecule has 0 heterocycles. The van der Waals surface area contributed by atoms with Gasteiger partial charge >= 0.3 is 0 Å². The van der Waals surface area contributed by atoms with Crippen molar-refractivity contribution in [1.29, 1.82) is 0 Å². The van der Waals surface area contributed by atoms with Gasteiger partial charge in [0.15, 0.2) is 16.6 Å². The number of phenolic OH excluding ortho intramolecular Hbond substituents is 3. The predicted octanol–water partition coefficient (Wildman–Crippen LogP) is 0.621. The summed E-state index contributed by atoms with van der Waals surface area (Å²) in [4.78, 5) is 0. The van der Waals surface area contributed by atoms with Gasteiger partial charge in [0, 0.05) is 12.1 Å². The van der Waals surface area contributed by atoms with Crippen molar-refractivity contribution in [3.8, 4) is 17.2 Å². The monoisotopic (exact) mass is 255 g/mol. The second-order valence-electron chi connectivity index (χ2n) is 3.10. The molecule has 0 atom stereocenters. The van der Waals surface area contributed by atoms with Crippen LogP contribution < -0.4 is 10.7 Å². The fourth-order valence-corrected chi connectivity index (χ4v) is 1.25. The Kier molecular flexibility index (Phi) is 4.53. The summed E-state index contributed by atoms with van der Waals surface area (Å²) in [6, 6.07) is 2.66. The summed E-state index contributed by atoms with van der Waals surface area (Å²) in [5.74, 6) is -1.41. The van der Waals surface area contributed by atoms with Crippen molar-refractivity contribution in [3.05, 3.63) is 17.7 Å². The van der Waals surface area contributed by atoms with E-state index in [-0.39, 0.29) is 5.56 Å². The van der Waals surface area contributed by atoms with Crippen LogP contribution in [0.2, 0.25) is 0 Å². The van der Waals surface area contributed by atoms with Crippen LogP contribution in [0.3, 0.4) is 0 Å². The van der Waals surface area contributed by atoms with Gasteiger partial charge in [0.05, 0.1) is 6.21 Å². The molecule has 1 aromatic carbocycles. The molecule has 0 radical (unpaired) electrons. The highest BCUT2D eigenvalue weighted by molar-refractivity contribution is 7.80.